The molecule has 1 aromatic heterocycles. The van der Waals surface area contributed by atoms with Gasteiger partial charge in [-0.2, -0.15) is 0 Å². The lowest BCUT2D eigenvalue weighted by molar-refractivity contribution is -0.122. The van der Waals surface area contributed by atoms with Gasteiger partial charge < -0.3 is 9.88 Å². The number of imidazole rings is 1. The Morgan fingerprint density at radius 2 is 2.05 bits per heavy atom. The smallest absolute Gasteiger partial charge is 0.240 e. The van der Waals surface area contributed by atoms with Gasteiger partial charge in [0.2, 0.25) is 5.91 Å². The van der Waals surface area contributed by atoms with Gasteiger partial charge in [-0.05, 0) is 29.3 Å². The van der Waals surface area contributed by atoms with Crippen molar-refractivity contribution in [1.29, 1.82) is 0 Å². The van der Waals surface area contributed by atoms with Gasteiger partial charge >= 0.3 is 0 Å². The van der Waals surface area contributed by atoms with Crippen molar-refractivity contribution in [3.63, 3.8) is 0 Å². The summed E-state index contributed by atoms with van der Waals surface area (Å²) < 4.78 is 1.75. The van der Waals surface area contributed by atoms with Crippen molar-refractivity contribution in [1.82, 2.24) is 14.9 Å². The van der Waals surface area contributed by atoms with Crippen molar-refractivity contribution in [3.05, 3.63) is 66.7 Å². The lowest BCUT2D eigenvalue weighted by Gasteiger charge is -2.15. The van der Waals surface area contributed by atoms with Gasteiger partial charge in [-0.15, -0.1) is 0 Å². The van der Waals surface area contributed by atoms with Crippen molar-refractivity contribution < 1.29 is 4.79 Å². The van der Waals surface area contributed by atoms with Crippen LogP contribution in [-0.4, -0.2) is 15.5 Å². The largest absolute Gasteiger partial charge is 0.348 e. The van der Waals surface area contributed by atoms with E-state index < -0.39 is 0 Å². The second-order valence-corrected chi connectivity index (χ2v) is 5.13. The van der Waals surface area contributed by atoms with Gasteiger partial charge in [0.25, 0.3) is 0 Å². The normalized spacial score (nSPS) is 12.2. The van der Waals surface area contributed by atoms with E-state index in [0.717, 1.165) is 5.56 Å². The molecule has 1 atom stereocenters. The molecule has 0 radical (unpaired) electrons. The van der Waals surface area contributed by atoms with Crippen LogP contribution in [0.1, 0.15) is 18.5 Å². The van der Waals surface area contributed by atoms with Crippen molar-refractivity contribution >= 4 is 16.7 Å². The Morgan fingerprint density at radius 1 is 1.24 bits per heavy atom. The Morgan fingerprint density at radius 3 is 2.81 bits per heavy atom. The Labute approximate surface area is 123 Å². The zero-order valence-electron chi connectivity index (χ0n) is 11.9. The van der Waals surface area contributed by atoms with E-state index in [1.807, 2.05) is 19.1 Å². The second kappa shape index (κ2) is 5.79. The summed E-state index contributed by atoms with van der Waals surface area (Å²) in [6.07, 6.45) is 5.08. The zero-order valence-corrected chi connectivity index (χ0v) is 11.9. The Bertz CT molecular complexity index is 750. The second-order valence-electron chi connectivity index (χ2n) is 5.13. The van der Waals surface area contributed by atoms with Gasteiger partial charge in [0.1, 0.15) is 6.54 Å². The maximum absolute atomic E-state index is 12.0. The van der Waals surface area contributed by atoms with Crippen LogP contribution in [0.5, 0.6) is 0 Å². The van der Waals surface area contributed by atoms with Crippen LogP contribution in [0.15, 0.2) is 61.2 Å². The third-order valence-electron chi connectivity index (χ3n) is 3.54. The molecule has 2 aromatic carbocycles. The lowest BCUT2D eigenvalue weighted by atomic mass is 10.0. The number of hydrogen-bond acceptors (Lipinski definition) is 2. The molecule has 4 heteroatoms. The first-order valence-corrected chi connectivity index (χ1v) is 6.96. The van der Waals surface area contributed by atoms with E-state index in [-0.39, 0.29) is 18.5 Å². The summed E-state index contributed by atoms with van der Waals surface area (Å²) in [5.74, 6) is -0.0198. The molecule has 0 fully saturated rings. The van der Waals surface area contributed by atoms with E-state index in [9.17, 15) is 4.79 Å². The van der Waals surface area contributed by atoms with Gasteiger partial charge in [0.15, 0.2) is 0 Å². The Kier molecular flexibility index (Phi) is 3.69. The minimum Gasteiger partial charge on any atom is -0.348 e. The number of aromatic nitrogens is 2. The van der Waals surface area contributed by atoms with E-state index >= 15 is 0 Å². The number of carbonyl (C=O) groups is 1. The SMILES string of the molecule is C[C@@H](NC(=O)Cn1ccnc1)c1ccc2ccccc2c1. The summed E-state index contributed by atoms with van der Waals surface area (Å²) in [7, 11) is 0. The average molecular weight is 279 g/mol. The van der Waals surface area contributed by atoms with Gasteiger partial charge in [-0.3, -0.25) is 4.79 Å². The highest BCUT2D eigenvalue weighted by Crippen LogP contribution is 2.20. The van der Waals surface area contributed by atoms with Crippen LogP contribution >= 0.6 is 0 Å². The fraction of sp³-hybridized carbons (Fsp3) is 0.176. The first kappa shape index (κ1) is 13.4. The summed E-state index contributed by atoms with van der Waals surface area (Å²) in [6.45, 7) is 2.29. The molecule has 0 aliphatic heterocycles. The Balaban J connectivity index is 1.71. The van der Waals surface area contributed by atoms with Crippen molar-refractivity contribution in [2.75, 3.05) is 0 Å². The van der Waals surface area contributed by atoms with Crippen LogP contribution in [0.4, 0.5) is 0 Å². The molecule has 21 heavy (non-hydrogen) atoms. The predicted octanol–water partition coefficient (Wildman–Crippen LogP) is 2.91. The highest BCUT2D eigenvalue weighted by molar-refractivity contribution is 5.83. The number of hydrogen-bond donors (Lipinski definition) is 1. The number of carbonyl (C=O) groups excluding carboxylic acids is 1. The van der Waals surface area contributed by atoms with Crippen LogP contribution < -0.4 is 5.32 Å². The summed E-state index contributed by atoms with van der Waals surface area (Å²) >= 11 is 0. The molecule has 0 bridgehead atoms. The molecular formula is C17H17N3O. The fourth-order valence-electron chi connectivity index (χ4n) is 2.39. The molecule has 1 amide bonds. The fourth-order valence-corrected chi connectivity index (χ4v) is 2.39. The van der Waals surface area contributed by atoms with Crippen LogP contribution in [0, 0.1) is 0 Å². The van der Waals surface area contributed by atoms with E-state index in [1.165, 1.54) is 10.8 Å². The molecular weight excluding hydrogens is 262 g/mol. The number of rotatable bonds is 4. The Hall–Kier alpha value is -2.62. The molecule has 1 heterocycles. The molecule has 0 saturated carbocycles. The third-order valence-corrected chi connectivity index (χ3v) is 3.54. The number of nitrogens with one attached hydrogen (secondary N) is 1. The third kappa shape index (κ3) is 3.11. The van der Waals surface area contributed by atoms with Crippen LogP contribution in [0.2, 0.25) is 0 Å². The van der Waals surface area contributed by atoms with Crippen molar-refractivity contribution in [3.8, 4) is 0 Å². The topological polar surface area (TPSA) is 46.9 Å². The maximum atomic E-state index is 12.0. The minimum absolute atomic E-state index is 0.0198. The molecule has 0 saturated heterocycles. The molecule has 0 unspecified atom stereocenters. The van der Waals surface area contributed by atoms with Gasteiger partial charge in [-0.25, -0.2) is 4.98 Å². The molecule has 1 N–H and O–H groups in total. The molecule has 0 spiro atoms. The molecule has 106 valence electrons. The maximum Gasteiger partial charge on any atom is 0.240 e. The summed E-state index contributed by atoms with van der Waals surface area (Å²) in [4.78, 5) is 15.9. The molecule has 0 aliphatic carbocycles. The number of nitrogens with zero attached hydrogens (tertiary/aromatic N) is 2. The summed E-state index contributed by atoms with van der Waals surface area (Å²) in [5, 5.41) is 5.40. The highest BCUT2D eigenvalue weighted by atomic mass is 16.2. The van der Waals surface area contributed by atoms with Crippen LogP contribution in [0.25, 0.3) is 10.8 Å². The molecule has 4 nitrogen and oxygen atoms in total. The molecule has 0 aliphatic rings. The zero-order chi connectivity index (χ0) is 14.7. The standard InChI is InChI=1S/C17H17N3O/c1-13(19-17(21)11-20-9-8-18-12-20)15-7-6-14-4-2-3-5-16(14)10-15/h2-10,12-13H,11H2,1H3,(H,19,21)/t13-/m1/s1. The van der Waals surface area contributed by atoms with E-state index in [1.54, 1.807) is 23.3 Å². The van der Waals surface area contributed by atoms with Crippen LogP contribution in [-0.2, 0) is 11.3 Å². The highest BCUT2D eigenvalue weighted by Gasteiger charge is 2.10. The first-order chi connectivity index (χ1) is 10.2. The number of amides is 1. The van der Waals surface area contributed by atoms with E-state index in [0.29, 0.717) is 0 Å². The van der Waals surface area contributed by atoms with Gasteiger partial charge in [0.05, 0.1) is 12.4 Å². The summed E-state index contributed by atoms with van der Waals surface area (Å²) in [6, 6.07) is 14.5. The number of benzene rings is 2. The number of fused-ring (bicyclic) bond motifs is 1. The van der Waals surface area contributed by atoms with Crippen molar-refractivity contribution in [2.24, 2.45) is 0 Å². The first-order valence-electron chi connectivity index (χ1n) is 6.96. The van der Waals surface area contributed by atoms with Crippen LogP contribution in [0.3, 0.4) is 0 Å². The van der Waals surface area contributed by atoms with Gasteiger partial charge in [-0.1, -0.05) is 36.4 Å². The summed E-state index contributed by atoms with van der Waals surface area (Å²) in [5.41, 5.74) is 1.10. The minimum atomic E-state index is -0.0226. The molecule has 3 rings (SSSR count). The van der Waals surface area contributed by atoms with E-state index in [4.69, 9.17) is 0 Å². The lowest BCUT2D eigenvalue weighted by Crippen LogP contribution is -2.29. The predicted molar refractivity (Wildman–Crippen MR) is 82.7 cm³/mol. The van der Waals surface area contributed by atoms with E-state index in [2.05, 4.69) is 40.6 Å². The van der Waals surface area contributed by atoms with Gasteiger partial charge in [0, 0.05) is 12.4 Å². The monoisotopic (exact) mass is 279 g/mol. The average Bonchev–Trinajstić information content (AvgIpc) is 2.99. The quantitative estimate of drug-likeness (QED) is 0.798. The van der Waals surface area contributed by atoms with Crippen molar-refractivity contribution in [2.45, 2.75) is 19.5 Å². The molecule has 3 aromatic rings.